The van der Waals surface area contributed by atoms with Crippen molar-refractivity contribution in [3.05, 3.63) is 90.9 Å². The molecular formula is C23H17N5OS. The van der Waals surface area contributed by atoms with Gasteiger partial charge in [0, 0.05) is 21.7 Å². The summed E-state index contributed by atoms with van der Waals surface area (Å²) in [5.41, 5.74) is 3.07. The molecule has 0 saturated carbocycles. The van der Waals surface area contributed by atoms with Gasteiger partial charge in [-0.15, -0.1) is 0 Å². The third-order valence-corrected chi connectivity index (χ3v) is 5.36. The monoisotopic (exact) mass is 411 g/mol. The van der Waals surface area contributed by atoms with E-state index in [0.717, 1.165) is 26.5 Å². The molecule has 0 bridgehead atoms. The number of nitrogens with one attached hydrogen (secondary N) is 3. The molecular weight excluding hydrogens is 394 g/mol. The summed E-state index contributed by atoms with van der Waals surface area (Å²) >= 11 is 1.55. The minimum absolute atomic E-state index is 0.0285. The van der Waals surface area contributed by atoms with Gasteiger partial charge in [-0.3, -0.25) is 4.79 Å². The number of hydrogen-bond donors (Lipinski definition) is 3. The maximum absolute atomic E-state index is 12.7. The fourth-order valence-electron chi connectivity index (χ4n) is 2.79. The van der Waals surface area contributed by atoms with E-state index in [1.165, 1.54) is 6.20 Å². The van der Waals surface area contributed by atoms with E-state index >= 15 is 0 Å². The number of anilines is 2. The Morgan fingerprint density at radius 1 is 1.07 bits per heavy atom. The Morgan fingerprint density at radius 2 is 1.87 bits per heavy atom. The maximum Gasteiger partial charge on any atom is 0.267 e. The summed E-state index contributed by atoms with van der Waals surface area (Å²) in [4.78, 5) is 21.8. The predicted molar refractivity (Wildman–Crippen MR) is 119 cm³/mol. The Hall–Kier alpha value is -4.02. The van der Waals surface area contributed by atoms with E-state index in [9.17, 15) is 10.1 Å². The van der Waals surface area contributed by atoms with Gasteiger partial charge in [0.1, 0.15) is 11.6 Å². The number of H-pyrrole nitrogens is 1. The number of fused-ring (bicyclic) bond motifs is 1. The lowest BCUT2D eigenvalue weighted by atomic mass is 10.2. The molecule has 1 amide bonds. The highest BCUT2D eigenvalue weighted by Crippen LogP contribution is 2.33. The van der Waals surface area contributed by atoms with E-state index < -0.39 is 5.91 Å². The van der Waals surface area contributed by atoms with Crippen LogP contribution in [0.1, 0.15) is 0 Å². The number of rotatable bonds is 6. The molecule has 4 rings (SSSR count). The molecule has 0 fully saturated rings. The van der Waals surface area contributed by atoms with Crippen LogP contribution >= 0.6 is 11.8 Å². The fourth-order valence-corrected chi connectivity index (χ4v) is 3.72. The van der Waals surface area contributed by atoms with Gasteiger partial charge in [-0.2, -0.15) is 5.26 Å². The first kappa shape index (κ1) is 19.3. The normalized spacial score (nSPS) is 11.1. The lowest BCUT2D eigenvalue weighted by Gasteiger charge is -2.10. The quantitative estimate of drug-likeness (QED) is 0.300. The highest BCUT2D eigenvalue weighted by Gasteiger charge is 2.12. The second-order valence-corrected chi connectivity index (χ2v) is 7.43. The van der Waals surface area contributed by atoms with Crippen LogP contribution in [0.25, 0.3) is 11.0 Å². The van der Waals surface area contributed by atoms with Gasteiger partial charge in [-0.25, -0.2) is 4.98 Å². The fraction of sp³-hybridized carbons (Fsp3) is 0. The zero-order chi connectivity index (χ0) is 20.8. The van der Waals surface area contributed by atoms with Gasteiger partial charge in [0.2, 0.25) is 0 Å². The first-order chi connectivity index (χ1) is 14.7. The molecule has 0 atom stereocenters. The summed E-state index contributed by atoms with van der Waals surface area (Å²) in [6, 6.07) is 24.9. The number of para-hydroxylation sites is 1. The zero-order valence-electron chi connectivity index (χ0n) is 15.8. The van der Waals surface area contributed by atoms with E-state index in [4.69, 9.17) is 0 Å². The van der Waals surface area contributed by atoms with Crippen molar-refractivity contribution in [2.45, 2.75) is 9.79 Å². The number of nitriles is 1. The molecule has 0 aliphatic carbocycles. The third kappa shape index (κ3) is 4.51. The highest BCUT2D eigenvalue weighted by atomic mass is 32.2. The molecule has 4 aromatic rings. The van der Waals surface area contributed by atoms with Crippen molar-refractivity contribution in [2.75, 3.05) is 10.6 Å². The minimum Gasteiger partial charge on any atom is -0.360 e. The lowest BCUT2D eigenvalue weighted by Crippen LogP contribution is -2.15. The van der Waals surface area contributed by atoms with Crippen molar-refractivity contribution in [2.24, 2.45) is 0 Å². The summed E-state index contributed by atoms with van der Waals surface area (Å²) in [5, 5.41) is 15.3. The van der Waals surface area contributed by atoms with Crippen LogP contribution in [0.2, 0.25) is 0 Å². The van der Waals surface area contributed by atoms with Gasteiger partial charge in [0.05, 0.1) is 23.0 Å². The number of hydrogen-bond acceptors (Lipinski definition) is 5. The van der Waals surface area contributed by atoms with Crippen LogP contribution in [0.5, 0.6) is 0 Å². The van der Waals surface area contributed by atoms with Crippen LogP contribution in [0, 0.1) is 11.3 Å². The molecule has 30 heavy (non-hydrogen) atoms. The topological polar surface area (TPSA) is 93.6 Å². The van der Waals surface area contributed by atoms with E-state index in [1.807, 2.05) is 78.9 Å². The third-order valence-electron chi connectivity index (χ3n) is 4.27. The largest absolute Gasteiger partial charge is 0.360 e. The first-order valence-corrected chi connectivity index (χ1v) is 9.98. The Bertz CT molecular complexity index is 1260. The van der Waals surface area contributed by atoms with Crippen LogP contribution in [-0.4, -0.2) is 15.9 Å². The number of amides is 1. The number of aromatic amines is 1. The molecule has 7 heteroatoms. The Labute approximate surface area is 177 Å². The van der Waals surface area contributed by atoms with Crippen LogP contribution in [0.3, 0.4) is 0 Å². The highest BCUT2D eigenvalue weighted by molar-refractivity contribution is 7.99. The smallest absolute Gasteiger partial charge is 0.267 e. The van der Waals surface area contributed by atoms with Gasteiger partial charge in [-0.05, 0) is 42.5 Å². The standard InChI is InChI=1S/C23H17N5OS/c24-13-16(14-25-17-10-11-19-21(12-17)27-15-26-19)23(29)28-20-8-4-5-9-22(20)30-18-6-2-1-3-7-18/h1-12,14-15,25H,(H,26,27)(H,28,29)/b16-14-. The number of carbonyl (C=O) groups excluding carboxylic acids is 1. The number of carbonyl (C=O) groups is 1. The van der Waals surface area contributed by atoms with Gasteiger partial charge >= 0.3 is 0 Å². The summed E-state index contributed by atoms with van der Waals surface area (Å²) in [6.07, 6.45) is 3.02. The van der Waals surface area contributed by atoms with Gasteiger partial charge in [0.25, 0.3) is 5.91 Å². The van der Waals surface area contributed by atoms with Gasteiger partial charge in [0.15, 0.2) is 0 Å². The zero-order valence-corrected chi connectivity index (χ0v) is 16.6. The SMILES string of the molecule is N#C/C(=C/Nc1ccc2nc[nH]c2c1)C(=O)Nc1ccccc1Sc1ccccc1. The van der Waals surface area contributed by atoms with Crippen molar-refractivity contribution >= 4 is 40.1 Å². The molecule has 146 valence electrons. The minimum atomic E-state index is -0.478. The van der Waals surface area contributed by atoms with Crippen LogP contribution < -0.4 is 10.6 Å². The molecule has 0 radical (unpaired) electrons. The average molecular weight is 411 g/mol. The van der Waals surface area contributed by atoms with Crippen LogP contribution in [-0.2, 0) is 4.79 Å². The van der Waals surface area contributed by atoms with Crippen molar-refractivity contribution in [3.63, 3.8) is 0 Å². The van der Waals surface area contributed by atoms with Crippen LogP contribution in [0.15, 0.2) is 101 Å². The van der Waals surface area contributed by atoms with Crippen LogP contribution in [0.4, 0.5) is 11.4 Å². The lowest BCUT2D eigenvalue weighted by molar-refractivity contribution is -0.112. The van der Waals surface area contributed by atoms with Crippen molar-refractivity contribution < 1.29 is 4.79 Å². The summed E-state index contributed by atoms with van der Waals surface area (Å²) in [5.74, 6) is -0.478. The molecule has 6 nitrogen and oxygen atoms in total. The second-order valence-electron chi connectivity index (χ2n) is 6.31. The second kappa shape index (κ2) is 8.99. The molecule has 0 aliphatic heterocycles. The van der Waals surface area contributed by atoms with E-state index in [2.05, 4.69) is 20.6 Å². The average Bonchev–Trinajstić information content (AvgIpc) is 3.24. The maximum atomic E-state index is 12.7. The van der Waals surface area contributed by atoms with Crippen molar-refractivity contribution in [3.8, 4) is 6.07 Å². The Balaban J connectivity index is 1.49. The molecule has 3 N–H and O–H groups in total. The Kier molecular flexibility index (Phi) is 5.78. The molecule has 1 aromatic heterocycles. The van der Waals surface area contributed by atoms with Crippen molar-refractivity contribution in [1.29, 1.82) is 5.26 Å². The number of nitrogens with zero attached hydrogens (tertiary/aromatic N) is 2. The number of imidazole rings is 1. The molecule has 0 spiro atoms. The summed E-state index contributed by atoms with van der Waals surface area (Å²) in [6.45, 7) is 0. The van der Waals surface area contributed by atoms with E-state index in [1.54, 1.807) is 18.1 Å². The summed E-state index contributed by atoms with van der Waals surface area (Å²) < 4.78 is 0. The van der Waals surface area contributed by atoms with Crippen molar-refractivity contribution in [1.82, 2.24) is 9.97 Å². The van der Waals surface area contributed by atoms with E-state index in [-0.39, 0.29) is 5.57 Å². The molecule has 0 aliphatic rings. The number of benzene rings is 3. The Morgan fingerprint density at radius 3 is 2.70 bits per heavy atom. The first-order valence-electron chi connectivity index (χ1n) is 9.16. The molecule has 0 unspecified atom stereocenters. The molecule has 1 heterocycles. The molecule has 0 saturated heterocycles. The summed E-state index contributed by atoms with van der Waals surface area (Å²) in [7, 11) is 0. The predicted octanol–water partition coefficient (Wildman–Crippen LogP) is 5.17. The number of aromatic nitrogens is 2. The van der Waals surface area contributed by atoms with Gasteiger partial charge < -0.3 is 15.6 Å². The van der Waals surface area contributed by atoms with Gasteiger partial charge in [-0.1, -0.05) is 42.1 Å². The van der Waals surface area contributed by atoms with E-state index in [0.29, 0.717) is 5.69 Å². The molecule has 3 aromatic carbocycles.